The number of halogens is 2. The molecule has 1 aromatic rings. The zero-order valence-electron chi connectivity index (χ0n) is 8.84. The van der Waals surface area contributed by atoms with Crippen molar-refractivity contribution in [3.63, 3.8) is 0 Å². The van der Waals surface area contributed by atoms with Gasteiger partial charge in [-0.2, -0.15) is 0 Å². The number of benzene rings is 1. The van der Waals surface area contributed by atoms with Crippen LogP contribution in [-0.4, -0.2) is 12.7 Å². The first-order chi connectivity index (χ1) is 7.00. The highest BCUT2D eigenvalue weighted by Crippen LogP contribution is 2.22. The van der Waals surface area contributed by atoms with Crippen molar-refractivity contribution in [2.45, 2.75) is 26.0 Å². The van der Waals surface area contributed by atoms with Crippen molar-refractivity contribution in [1.29, 1.82) is 0 Å². The largest absolute Gasteiger partial charge is 0.377 e. The number of ether oxygens (including phenoxy) is 1. The lowest BCUT2D eigenvalue weighted by Gasteiger charge is -2.15. The third kappa shape index (κ3) is 4.26. The SMILES string of the molecule is CC(C)OCC(N)c1ccc(I)c(Cl)c1. The lowest BCUT2D eigenvalue weighted by Crippen LogP contribution is -2.19. The van der Waals surface area contributed by atoms with Crippen LogP contribution in [0.25, 0.3) is 0 Å². The van der Waals surface area contributed by atoms with E-state index in [4.69, 9.17) is 22.1 Å². The first-order valence-electron chi connectivity index (χ1n) is 4.83. The van der Waals surface area contributed by atoms with Crippen molar-refractivity contribution in [2.24, 2.45) is 5.73 Å². The van der Waals surface area contributed by atoms with Gasteiger partial charge in [0.05, 0.1) is 23.8 Å². The second kappa shape index (κ2) is 6.03. The Morgan fingerprint density at radius 2 is 2.13 bits per heavy atom. The molecule has 4 heteroatoms. The molecule has 1 rings (SSSR count). The van der Waals surface area contributed by atoms with E-state index >= 15 is 0 Å². The molecule has 15 heavy (non-hydrogen) atoms. The molecule has 0 radical (unpaired) electrons. The Hall–Kier alpha value is 0.160. The van der Waals surface area contributed by atoms with Crippen LogP contribution in [0, 0.1) is 3.57 Å². The van der Waals surface area contributed by atoms with E-state index in [2.05, 4.69) is 22.6 Å². The number of rotatable bonds is 4. The molecule has 0 saturated heterocycles. The van der Waals surface area contributed by atoms with E-state index in [1.807, 2.05) is 32.0 Å². The molecule has 0 bridgehead atoms. The summed E-state index contributed by atoms with van der Waals surface area (Å²) in [6.07, 6.45) is 0.204. The van der Waals surface area contributed by atoms with Gasteiger partial charge in [0.2, 0.25) is 0 Å². The zero-order valence-corrected chi connectivity index (χ0v) is 11.7. The summed E-state index contributed by atoms with van der Waals surface area (Å²) < 4.78 is 6.50. The Kier molecular flexibility index (Phi) is 5.32. The van der Waals surface area contributed by atoms with Crippen LogP contribution in [0.3, 0.4) is 0 Å². The standard InChI is InChI=1S/C11H15ClINO/c1-7(2)15-6-11(14)8-3-4-10(13)9(12)5-8/h3-5,7,11H,6,14H2,1-2H3. The Labute approximate surface area is 109 Å². The maximum absolute atomic E-state index is 6.02. The molecule has 2 N–H and O–H groups in total. The topological polar surface area (TPSA) is 35.2 Å². The third-order valence-corrected chi connectivity index (χ3v) is 3.55. The fraction of sp³-hybridized carbons (Fsp3) is 0.455. The Bertz CT molecular complexity index is 330. The van der Waals surface area contributed by atoms with Gasteiger partial charge in [0.25, 0.3) is 0 Å². The first kappa shape index (κ1) is 13.2. The summed E-state index contributed by atoms with van der Waals surface area (Å²) >= 11 is 8.21. The van der Waals surface area contributed by atoms with Crippen molar-refractivity contribution in [2.75, 3.05) is 6.61 Å². The minimum Gasteiger partial charge on any atom is -0.377 e. The summed E-state index contributed by atoms with van der Waals surface area (Å²) in [5, 5.41) is 0.744. The van der Waals surface area contributed by atoms with E-state index in [0.717, 1.165) is 14.2 Å². The van der Waals surface area contributed by atoms with Crippen LogP contribution in [-0.2, 0) is 4.74 Å². The average molecular weight is 340 g/mol. The lowest BCUT2D eigenvalue weighted by atomic mass is 10.1. The molecule has 1 unspecified atom stereocenters. The molecule has 0 spiro atoms. The van der Waals surface area contributed by atoms with Crippen LogP contribution < -0.4 is 5.73 Å². The molecule has 0 aliphatic carbocycles. The molecule has 0 amide bonds. The van der Waals surface area contributed by atoms with Crippen LogP contribution in [0.1, 0.15) is 25.5 Å². The minimum absolute atomic E-state index is 0.109. The Morgan fingerprint density at radius 1 is 1.47 bits per heavy atom. The van der Waals surface area contributed by atoms with Crippen LogP contribution in [0.2, 0.25) is 5.02 Å². The highest BCUT2D eigenvalue weighted by Gasteiger charge is 2.08. The maximum atomic E-state index is 6.02. The average Bonchev–Trinajstić information content (AvgIpc) is 2.18. The van der Waals surface area contributed by atoms with Crippen molar-refractivity contribution in [3.8, 4) is 0 Å². The fourth-order valence-electron chi connectivity index (χ4n) is 1.14. The van der Waals surface area contributed by atoms with Gasteiger partial charge in [-0.3, -0.25) is 0 Å². The summed E-state index contributed by atoms with van der Waals surface area (Å²) in [4.78, 5) is 0. The van der Waals surface area contributed by atoms with Gasteiger partial charge in [-0.1, -0.05) is 17.7 Å². The van der Waals surface area contributed by atoms with E-state index in [1.54, 1.807) is 0 Å². The van der Waals surface area contributed by atoms with E-state index in [1.165, 1.54) is 0 Å². The van der Waals surface area contributed by atoms with Gasteiger partial charge in [0.1, 0.15) is 0 Å². The molecule has 1 atom stereocenters. The van der Waals surface area contributed by atoms with Crippen molar-refractivity contribution in [1.82, 2.24) is 0 Å². The molecule has 1 aromatic carbocycles. The summed E-state index contributed by atoms with van der Waals surface area (Å²) in [6, 6.07) is 5.74. The molecule has 2 nitrogen and oxygen atoms in total. The summed E-state index contributed by atoms with van der Waals surface area (Å²) in [6.45, 7) is 4.51. The Morgan fingerprint density at radius 3 is 2.67 bits per heavy atom. The van der Waals surface area contributed by atoms with Gasteiger partial charge in [0, 0.05) is 3.57 Å². The first-order valence-corrected chi connectivity index (χ1v) is 6.28. The maximum Gasteiger partial charge on any atom is 0.0662 e. The Balaban J connectivity index is 2.65. The summed E-state index contributed by atoms with van der Waals surface area (Å²) in [5.74, 6) is 0. The fourth-order valence-corrected chi connectivity index (χ4v) is 1.66. The number of nitrogens with two attached hydrogens (primary N) is 1. The van der Waals surface area contributed by atoms with Crippen LogP contribution in [0.4, 0.5) is 0 Å². The number of hydrogen-bond donors (Lipinski definition) is 1. The third-order valence-electron chi connectivity index (χ3n) is 1.98. The second-order valence-electron chi connectivity index (χ2n) is 3.66. The highest BCUT2D eigenvalue weighted by molar-refractivity contribution is 14.1. The smallest absolute Gasteiger partial charge is 0.0662 e. The van der Waals surface area contributed by atoms with Crippen molar-refractivity contribution in [3.05, 3.63) is 32.4 Å². The molecule has 0 aliphatic rings. The molecule has 0 aromatic heterocycles. The zero-order chi connectivity index (χ0) is 11.4. The van der Waals surface area contributed by atoms with Crippen molar-refractivity contribution < 1.29 is 4.74 Å². The summed E-state index contributed by atoms with van der Waals surface area (Å²) in [7, 11) is 0. The molecule has 84 valence electrons. The minimum atomic E-state index is -0.109. The van der Waals surface area contributed by atoms with Gasteiger partial charge < -0.3 is 10.5 Å². The van der Waals surface area contributed by atoms with Gasteiger partial charge in [-0.05, 0) is 54.1 Å². The quantitative estimate of drug-likeness (QED) is 0.854. The predicted octanol–water partition coefficient (Wildman–Crippen LogP) is 3.37. The van der Waals surface area contributed by atoms with Crippen LogP contribution in [0.5, 0.6) is 0 Å². The molecule has 0 heterocycles. The van der Waals surface area contributed by atoms with E-state index in [-0.39, 0.29) is 12.1 Å². The normalized spacial score (nSPS) is 13.2. The molecule has 0 fully saturated rings. The monoisotopic (exact) mass is 339 g/mol. The van der Waals surface area contributed by atoms with Crippen molar-refractivity contribution >= 4 is 34.2 Å². The van der Waals surface area contributed by atoms with E-state index in [9.17, 15) is 0 Å². The second-order valence-corrected chi connectivity index (χ2v) is 5.23. The molecular weight excluding hydrogens is 324 g/mol. The highest BCUT2D eigenvalue weighted by atomic mass is 127. The molecule has 0 saturated carbocycles. The molecule has 0 aliphatic heterocycles. The van der Waals surface area contributed by atoms with Gasteiger partial charge >= 0.3 is 0 Å². The predicted molar refractivity (Wildman–Crippen MR) is 72.2 cm³/mol. The summed E-state index contributed by atoms with van der Waals surface area (Å²) in [5.41, 5.74) is 6.99. The van der Waals surface area contributed by atoms with E-state index < -0.39 is 0 Å². The van der Waals surface area contributed by atoms with Gasteiger partial charge in [-0.25, -0.2) is 0 Å². The lowest BCUT2D eigenvalue weighted by molar-refractivity contribution is 0.0683. The molecular formula is C11H15ClINO. The van der Waals surface area contributed by atoms with Crippen LogP contribution in [0.15, 0.2) is 18.2 Å². The van der Waals surface area contributed by atoms with Gasteiger partial charge in [0.15, 0.2) is 0 Å². The number of hydrogen-bond acceptors (Lipinski definition) is 2. The van der Waals surface area contributed by atoms with Gasteiger partial charge in [-0.15, -0.1) is 0 Å². The van der Waals surface area contributed by atoms with E-state index in [0.29, 0.717) is 6.61 Å². The van der Waals surface area contributed by atoms with Crippen LogP contribution >= 0.6 is 34.2 Å².